The van der Waals surface area contributed by atoms with Crippen LogP contribution in [0.4, 0.5) is 0 Å². The maximum Gasteiger partial charge on any atom is 0.234 e. The third-order valence-corrected chi connectivity index (χ3v) is 3.77. The molecule has 0 aromatic rings. The first kappa shape index (κ1) is 9.34. The second kappa shape index (κ2) is 4.33. The molecule has 2 heterocycles. The zero-order chi connectivity index (χ0) is 9.10. The molecule has 1 N–H and O–H groups in total. The average molecular weight is 200 g/mol. The fourth-order valence-corrected chi connectivity index (χ4v) is 2.82. The first-order chi connectivity index (χ1) is 6.34. The molecular weight excluding hydrogens is 184 g/mol. The largest absolute Gasteiger partial charge is 0.351 e. The molecule has 0 radical (unpaired) electrons. The second-order valence-electron chi connectivity index (χ2n) is 3.76. The van der Waals surface area contributed by atoms with Crippen LogP contribution in [-0.2, 0) is 4.79 Å². The van der Waals surface area contributed by atoms with E-state index in [1.54, 1.807) is 0 Å². The fraction of sp³-hybridized carbons (Fsp3) is 0.889. The van der Waals surface area contributed by atoms with Crippen molar-refractivity contribution in [2.75, 3.05) is 31.1 Å². The Kier molecular flexibility index (Phi) is 3.11. The van der Waals surface area contributed by atoms with Crippen molar-refractivity contribution in [1.82, 2.24) is 10.2 Å². The van der Waals surface area contributed by atoms with E-state index in [-0.39, 0.29) is 5.91 Å². The van der Waals surface area contributed by atoms with Crippen molar-refractivity contribution in [3.8, 4) is 0 Å². The molecule has 13 heavy (non-hydrogen) atoms. The van der Waals surface area contributed by atoms with E-state index in [4.69, 9.17) is 0 Å². The van der Waals surface area contributed by atoms with Crippen LogP contribution in [0, 0.1) is 0 Å². The zero-order valence-electron chi connectivity index (χ0n) is 7.79. The van der Waals surface area contributed by atoms with Crippen molar-refractivity contribution >= 4 is 17.7 Å². The van der Waals surface area contributed by atoms with Crippen LogP contribution in [-0.4, -0.2) is 48.0 Å². The summed E-state index contributed by atoms with van der Waals surface area (Å²) in [7, 11) is 0. The first-order valence-corrected chi connectivity index (χ1v) is 6.09. The van der Waals surface area contributed by atoms with Gasteiger partial charge in [-0.25, -0.2) is 0 Å². The topological polar surface area (TPSA) is 32.3 Å². The number of carbonyl (C=O) groups is 1. The Bertz CT molecular complexity index is 188. The van der Waals surface area contributed by atoms with Gasteiger partial charge in [0.15, 0.2) is 0 Å². The van der Waals surface area contributed by atoms with Crippen molar-refractivity contribution in [1.29, 1.82) is 0 Å². The lowest BCUT2D eigenvalue weighted by Crippen LogP contribution is -2.46. The predicted molar refractivity (Wildman–Crippen MR) is 54.9 cm³/mol. The van der Waals surface area contributed by atoms with E-state index < -0.39 is 0 Å². The lowest BCUT2D eigenvalue weighted by molar-refractivity contribution is -0.123. The van der Waals surface area contributed by atoms with Crippen LogP contribution in [0.15, 0.2) is 0 Å². The summed E-state index contributed by atoms with van der Waals surface area (Å²) < 4.78 is 0. The van der Waals surface area contributed by atoms with Gasteiger partial charge in [-0.05, 0) is 31.7 Å². The molecule has 2 saturated heterocycles. The van der Waals surface area contributed by atoms with Crippen LogP contribution in [0.3, 0.4) is 0 Å². The lowest BCUT2D eigenvalue weighted by Gasteiger charge is -2.30. The van der Waals surface area contributed by atoms with Gasteiger partial charge in [0, 0.05) is 11.8 Å². The molecule has 1 amide bonds. The van der Waals surface area contributed by atoms with Gasteiger partial charge in [0.1, 0.15) is 0 Å². The highest BCUT2D eigenvalue weighted by molar-refractivity contribution is 7.99. The van der Waals surface area contributed by atoms with E-state index in [1.165, 1.54) is 12.2 Å². The Morgan fingerprint density at radius 2 is 2.38 bits per heavy atom. The lowest BCUT2D eigenvalue weighted by atomic mass is 10.2. The maximum atomic E-state index is 11.4. The third kappa shape index (κ3) is 2.61. The summed E-state index contributed by atoms with van der Waals surface area (Å²) >= 11 is 1.93. The van der Waals surface area contributed by atoms with Gasteiger partial charge in [0.2, 0.25) is 5.91 Å². The molecule has 4 heteroatoms. The van der Waals surface area contributed by atoms with E-state index in [0.29, 0.717) is 12.6 Å². The van der Waals surface area contributed by atoms with E-state index in [2.05, 4.69) is 10.2 Å². The van der Waals surface area contributed by atoms with Crippen LogP contribution in [0.1, 0.15) is 12.8 Å². The van der Waals surface area contributed by atoms with Gasteiger partial charge in [-0.2, -0.15) is 11.8 Å². The van der Waals surface area contributed by atoms with Gasteiger partial charge < -0.3 is 5.32 Å². The monoisotopic (exact) mass is 200 g/mol. The van der Waals surface area contributed by atoms with Crippen LogP contribution in [0.5, 0.6) is 0 Å². The summed E-state index contributed by atoms with van der Waals surface area (Å²) in [6.07, 6.45) is 2.41. The Labute approximate surface area is 83.2 Å². The van der Waals surface area contributed by atoms with Gasteiger partial charge in [0.25, 0.3) is 0 Å². The smallest absolute Gasteiger partial charge is 0.234 e. The minimum absolute atomic E-state index is 0.215. The Hall–Kier alpha value is -0.220. The van der Waals surface area contributed by atoms with Gasteiger partial charge in [-0.15, -0.1) is 0 Å². The minimum atomic E-state index is 0.215. The standard InChI is InChI=1S/C9H16N2OS/c12-9(6-11-3-1-4-11)10-8-2-5-13-7-8/h8H,1-7H2,(H,10,12). The maximum absolute atomic E-state index is 11.4. The number of hydrogen-bond acceptors (Lipinski definition) is 3. The summed E-state index contributed by atoms with van der Waals surface area (Å²) in [4.78, 5) is 13.6. The molecule has 2 aliphatic heterocycles. The van der Waals surface area contributed by atoms with Crippen LogP contribution in [0.25, 0.3) is 0 Å². The van der Waals surface area contributed by atoms with Crippen molar-refractivity contribution in [2.24, 2.45) is 0 Å². The highest BCUT2D eigenvalue weighted by Crippen LogP contribution is 2.16. The van der Waals surface area contributed by atoms with Crippen LogP contribution in [0.2, 0.25) is 0 Å². The van der Waals surface area contributed by atoms with E-state index in [0.717, 1.165) is 25.3 Å². The molecule has 74 valence electrons. The molecule has 1 atom stereocenters. The van der Waals surface area contributed by atoms with Gasteiger partial charge in [0.05, 0.1) is 6.54 Å². The molecule has 0 bridgehead atoms. The first-order valence-electron chi connectivity index (χ1n) is 4.94. The molecule has 2 fully saturated rings. The van der Waals surface area contributed by atoms with E-state index in [1.807, 2.05) is 11.8 Å². The molecule has 1 unspecified atom stereocenters. The van der Waals surface area contributed by atoms with Crippen LogP contribution >= 0.6 is 11.8 Å². The summed E-state index contributed by atoms with van der Waals surface area (Å²) in [5.41, 5.74) is 0. The van der Waals surface area contributed by atoms with E-state index in [9.17, 15) is 4.79 Å². The van der Waals surface area contributed by atoms with Crippen molar-refractivity contribution in [3.05, 3.63) is 0 Å². The number of carbonyl (C=O) groups excluding carboxylic acids is 1. The normalized spacial score (nSPS) is 28.5. The van der Waals surface area contributed by atoms with Gasteiger partial charge >= 0.3 is 0 Å². The SMILES string of the molecule is O=C(CN1CCC1)NC1CCSC1. The third-order valence-electron chi connectivity index (χ3n) is 2.61. The van der Waals surface area contributed by atoms with Crippen molar-refractivity contribution < 1.29 is 4.79 Å². The molecule has 0 spiro atoms. The fourth-order valence-electron chi connectivity index (χ4n) is 1.66. The summed E-state index contributed by atoms with van der Waals surface area (Å²) in [6.45, 7) is 2.82. The Morgan fingerprint density at radius 1 is 1.54 bits per heavy atom. The van der Waals surface area contributed by atoms with Crippen molar-refractivity contribution in [2.45, 2.75) is 18.9 Å². The number of likely N-dealkylation sites (tertiary alicyclic amines) is 1. The molecule has 2 rings (SSSR count). The number of hydrogen-bond donors (Lipinski definition) is 1. The molecule has 0 aliphatic carbocycles. The summed E-state index contributed by atoms with van der Waals surface area (Å²) in [5.74, 6) is 2.52. The zero-order valence-corrected chi connectivity index (χ0v) is 8.61. The number of nitrogens with one attached hydrogen (secondary N) is 1. The van der Waals surface area contributed by atoms with Crippen LogP contribution < -0.4 is 5.32 Å². The van der Waals surface area contributed by atoms with Gasteiger partial charge in [-0.1, -0.05) is 0 Å². The molecular formula is C9H16N2OS. The Morgan fingerprint density at radius 3 is 2.92 bits per heavy atom. The second-order valence-corrected chi connectivity index (χ2v) is 4.91. The molecule has 0 aromatic heterocycles. The average Bonchev–Trinajstić information content (AvgIpc) is 2.49. The number of amides is 1. The molecule has 0 saturated carbocycles. The Balaban J connectivity index is 1.64. The van der Waals surface area contributed by atoms with Gasteiger partial charge in [-0.3, -0.25) is 9.69 Å². The molecule has 3 nitrogen and oxygen atoms in total. The highest BCUT2D eigenvalue weighted by atomic mass is 32.2. The summed E-state index contributed by atoms with van der Waals surface area (Å²) in [5, 5.41) is 3.08. The predicted octanol–water partition coefficient (Wildman–Crippen LogP) is 0.314. The van der Waals surface area contributed by atoms with Crippen molar-refractivity contribution in [3.63, 3.8) is 0 Å². The number of rotatable bonds is 3. The molecule has 0 aromatic carbocycles. The molecule has 2 aliphatic rings. The number of thioether (sulfide) groups is 1. The van der Waals surface area contributed by atoms with E-state index >= 15 is 0 Å². The highest BCUT2D eigenvalue weighted by Gasteiger charge is 2.21. The quantitative estimate of drug-likeness (QED) is 0.712. The minimum Gasteiger partial charge on any atom is -0.351 e. The number of nitrogens with zero attached hydrogens (tertiary/aromatic N) is 1. The summed E-state index contributed by atoms with van der Waals surface area (Å²) in [6, 6.07) is 0.443.